The van der Waals surface area contributed by atoms with E-state index in [2.05, 4.69) is 66.7 Å². The molecule has 4 N–H and O–H groups in total. The highest BCUT2D eigenvalue weighted by atomic mass is 16.4. The molecular weight excluding hydrogens is 683 g/mol. The van der Waals surface area contributed by atoms with Crippen molar-refractivity contribution in [1.82, 2.24) is 0 Å². The van der Waals surface area contributed by atoms with Gasteiger partial charge in [-0.05, 0) is 94.8 Å². The zero-order chi connectivity index (χ0) is 39.3. The summed E-state index contributed by atoms with van der Waals surface area (Å²) in [5.74, 6) is -2.26. The van der Waals surface area contributed by atoms with Gasteiger partial charge in [-0.2, -0.15) is 0 Å². The summed E-state index contributed by atoms with van der Waals surface area (Å²) in [5, 5.41) is 18.1. The van der Waals surface area contributed by atoms with E-state index in [-0.39, 0.29) is 5.92 Å². The molecule has 55 heavy (non-hydrogen) atoms. The minimum absolute atomic E-state index is 0.0794. The largest absolute Gasteiger partial charge is 0.481 e. The predicted octanol–water partition coefficient (Wildman–Crippen LogP) is 10.0. The SMILES string of the molecule is CC(C(=O)O)c1cc(Cc2ccccc2)ccc1N.CC(C(=O)O)c1cccc(Cc2ccccc2)c1.CC1C(=O)Cc2ccc(Cc3ccccc3)cc21. The van der Waals surface area contributed by atoms with E-state index in [1.54, 1.807) is 19.9 Å². The summed E-state index contributed by atoms with van der Waals surface area (Å²) >= 11 is 0. The number of fused-ring (bicyclic) bond motifs is 1. The van der Waals surface area contributed by atoms with Gasteiger partial charge in [-0.25, -0.2) is 0 Å². The van der Waals surface area contributed by atoms with E-state index in [0.29, 0.717) is 23.5 Å². The minimum atomic E-state index is -0.858. The molecule has 0 aromatic heterocycles. The Labute approximate surface area is 324 Å². The third kappa shape index (κ3) is 11.4. The Hall–Kier alpha value is -6.27. The number of benzene rings is 6. The fourth-order valence-corrected chi connectivity index (χ4v) is 6.68. The van der Waals surface area contributed by atoms with E-state index in [0.717, 1.165) is 36.0 Å². The molecule has 0 amide bonds. The molecule has 1 aliphatic rings. The molecule has 0 spiro atoms. The fourth-order valence-electron chi connectivity index (χ4n) is 6.68. The van der Waals surface area contributed by atoms with E-state index < -0.39 is 23.8 Å². The van der Waals surface area contributed by atoms with Gasteiger partial charge in [0.05, 0.1) is 11.8 Å². The van der Waals surface area contributed by atoms with Gasteiger partial charge in [-0.1, -0.05) is 153 Å². The molecule has 0 radical (unpaired) electrons. The maximum atomic E-state index is 11.7. The number of carbonyl (C=O) groups excluding carboxylic acids is 1. The first kappa shape index (κ1) is 39.9. The van der Waals surface area contributed by atoms with E-state index >= 15 is 0 Å². The molecule has 3 atom stereocenters. The molecule has 0 aliphatic heterocycles. The normalized spacial score (nSPS) is 13.9. The van der Waals surface area contributed by atoms with Gasteiger partial charge in [0.2, 0.25) is 0 Å². The number of hydrogen-bond donors (Lipinski definition) is 3. The third-order valence-corrected chi connectivity index (χ3v) is 10.1. The van der Waals surface area contributed by atoms with E-state index in [9.17, 15) is 14.4 Å². The fraction of sp³-hybridized carbons (Fsp3) is 0.204. The molecule has 0 heterocycles. The van der Waals surface area contributed by atoms with Crippen molar-refractivity contribution >= 4 is 23.4 Å². The highest BCUT2D eigenvalue weighted by Gasteiger charge is 2.26. The Kier molecular flexibility index (Phi) is 13.9. The Morgan fingerprint density at radius 3 is 1.55 bits per heavy atom. The highest BCUT2D eigenvalue weighted by Crippen LogP contribution is 2.31. The molecule has 6 aromatic rings. The quantitative estimate of drug-likeness (QED) is 0.121. The number of nitrogens with two attached hydrogens (primary N) is 1. The van der Waals surface area contributed by atoms with Crippen LogP contribution in [0.3, 0.4) is 0 Å². The Morgan fingerprint density at radius 2 is 1.04 bits per heavy atom. The van der Waals surface area contributed by atoms with Crippen LogP contribution in [0.4, 0.5) is 5.69 Å². The van der Waals surface area contributed by atoms with Crippen molar-refractivity contribution in [2.45, 2.75) is 64.2 Å². The Morgan fingerprint density at radius 1 is 0.582 bits per heavy atom. The van der Waals surface area contributed by atoms with Gasteiger partial charge in [0.25, 0.3) is 0 Å². The summed E-state index contributed by atoms with van der Waals surface area (Å²) in [6, 6.07) is 50.6. The van der Waals surface area contributed by atoms with E-state index in [1.807, 2.05) is 85.8 Å². The van der Waals surface area contributed by atoms with Crippen LogP contribution in [0.2, 0.25) is 0 Å². The molecule has 0 saturated heterocycles. The van der Waals surface area contributed by atoms with Crippen molar-refractivity contribution < 1.29 is 24.6 Å². The van der Waals surface area contributed by atoms with Crippen LogP contribution in [0.5, 0.6) is 0 Å². The second-order valence-electron chi connectivity index (χ2n) is 14.2. The second-order valence-corrected chi connectivity index (χ2v) is 14.2. The lowest BCUT2D eigenvalue weighted by Crippen LogP contribution is -2.10. The van der Waals surface area contributed by atoms with Crippen molar-refractivity contribution in [3.8, 4) is 0 Å². The Bertz CT molecular complexity index is 2200. The van der Waals surface area contributed by atoms with Gasteiger partial charge in [0, 0.05) is 18.0 Å². The lowest BCUT2D eigenvalue weighted by atomic mass is 9.95. The van der Waals surface area contributed by atoms with Crippen molar-refractivity contribution in [3.05, 3.63) is 207 Å². The van der Waals surface area contributed by atoms with E-state index in [1.165, 1.54) is 33.4 Å². The standard InChI is InChI=1S/C17H16O.C16H17NO2.C16H16O2/c1-12-16-10-14(7-8-15(16)11-17(12)18)9-13-5-3-2-4-6-13;1-11(16(18)19)14-10-13(7-8-15(14)17)9-12-5-3-2-4-6-12;1-12(16(17)18)15-9-5-8-14(11-15)10-13-6-3-2-4-7-13/h2-8,10,12H,9,11H2,1H3;2-8,10-11H,9,17H2,1H3,(H,18,19);2-9,11-12H,10H2,1H3,(H,17,18). The number of hydrogen-bond acceptors (Lipinski definition) is 4. The first-order valence-corrected chi connectivity index (χ1v) is 18.7. The molecule has 6 heteroatoms. The molecule has 6 nitrogen and oxygen atoms in total. The monoisotopic (exact) mass is 731 g/mol. The summed E-state index contributed by atoms with van der Waals surface area (Å²) in [5.41, 5.74) is 17.6. The molecule has 3 unspecified atom stereocenters. The van der Waals surface area contributed by atoms with Crippen LogP contribution in [-0.4, -0.2) is 27.9 Å². The lowest BCUT2D eigenvalue weighted by molar-refractivity contribution is -0.139. The smallest absolute Gasteiger partial charge is 0.310 e. The van der Waals surface area contributed by atoms with Crippen LogP contribution >= 0.6 is 0 Å². The highest BCUT2D eigenvalue weighted by molar-refractivity contribution is 5.92. The number of carboxylic acids is 2. The number of aliphatic carboxylic acids is 2. The van der Waals surface area contributed by atoms with Crippen molar-refractivity contribution in [2.24, 2.45) is 0 Å². The summed E-state index contributed by atoms with van der Waals surface area (Å²) < 4.78 is 0. The molecule has 280 valence electrons. The molecule has 6 aromatic carbocycles. The maximum absolute atomic E-state index is 11.7. The van der Waals surface area contributed by atoms with Crippen molar-refractivity contribution in [2.75, 3.05) is 5.73 Å². The predicted molar refractivity (Wildman–Crippen MR) is 221 cm³/mol. The van der Waals surface area contributed by atoms with Crippen molar-refractivity contribution in [1.29, 1.82) is 0 Å². The average Bonchev–Trinajstić information content (AvgIpc) is 3.48. The van der Waals surface area contributed by atoms with E-state index in [4.69, 9.17) is 15.9 Å². The first-order chi connectivity index (χ1) is 26.5. The van der Waals surface area contributed by atoms with Crippen LogP contribution in [0.25, 0.3) is 0 Å². The maximum Gasteiger partial charge on any atom is 0.310 e. The van der Waals surface area contributed by atoms with Crippen LogP contribution in [0.15, 0.2) is 152 Å². The minimum Gasteiger partial charge on any atom is -0.481 e. The molecule has 1 aliphatic carbocycles. The third-order valence-electron chi connectivity index (χ3n) is 10.1. The first-order valence-electron chi connectivity index (χ1n) is 18.7. The second kappa shape index (κ2) is 19.2. The number of ketones is 1. The average molecular weight is 732 g/mol. The van der Waals surface area contributed by atoms with Crippen LogP contribution in [0, 0.1) is 0 Å². The van der Waals surface area contributed by atoms with Gasteiger partial charge in [-0.15, -0.1) is 0 Å². The van der Waals surface area contributed by atoms with Gasteiger partial charge < -0.3 is 15.9 Å². The molecule has 0 saturated carbocycles. The van der Waals surface area contributed by atoms with Gasteiger partial charge in [0.1, 0.15) is 5.78 Å². The Balaban J connectivity index is 0.000000158. The van der Waals surface area contributed by atoms with Gasteiger partial charge in [-0.3, -0.25) is 14.4 Å². The number of rotatable bonds is 10. The van der Waals surface area contributed by atoms with Crippen molar-refractivity contribution in [3.63, 3.8) is 0 Å². The van der Waals surface area contributed by atoms with Gasteiger partial charge in [0.15, 0.2) is 0 Å². The lowest BCUT2D eigenvalue weighted by Gasteiger charge is -2.12. The summed E-state index contributed by atoms with van der Waals surface area (Å²) in [6.07, 6.45) is 3.17. The number of anilines is 1. The molecule has 0 bridgehead atoms. The number of nitrogen functional groups attached to an aromatic ring is 1. The molecule has 0 fully saturated rings. The summed E-state index contributed by atoms with van der Waals surface area (Å²) in [4.78, 5) is 33.7. The van der Waals surface area contributed by atoms with Crippen LogP contribution in [-0.2, 0) is 40.1 Å². The molecular formula is C49H49NO5. The number of Topliss-reactive ketones (excluding diaryl/α,β-unsaturated/α-hetero) is 1. The zero-order valence-corrected chi connectivity index (χ0v) is 31.7. The molecule has 7 rings (SSSR count). The van der Waals surface area contributed by atoms with Crippen LogP contribution < -0.4 is 5.73 Å². The number of carbonyl (C=O) groups is 3. The zero-order valence-electron chi connectivity index (χ0n) is 31.7. The topological polar surface area (TPSA) is 118 Å². The van der Waals surface area contributed by atoms with Crippen LogP contribution in [0.1, 0.15) is 94.2 Å². The number of carboxylic acid groups (broad SMARTS) is 2. The van der Waals surface area contributed by atoms with Gasteiger partial charge >= 0.3 is 11.9 Å². The summed E-state index contributed by atoms with van der Waals surface area (Å²) in [7, 11) is 0. The summed E-state index contributed by atoms with van der Waals surface area (Å²) in [6.45, 7) is 5.38.